The van der Waals surface area contributed by atoms with Gasteiger partial charge in [0.25, 0.3) is 0 Å². The highest BCUT2D eigenvalue weighted by molar-refractivity contribution is 5.94. The molecule has 1 aliphatic rings. The molecule has 0 amide bonds. The van der Waals surface area contributed by atoms with Gasteiger partial charge in [0.1, 0.15) is 0 Å². The summed E-state index contributed by atoms with van der Waals surface area (Å²) in [5, 5.41) is 18.6. The smallest absolute Gasteiger partial charge is 0.337 e. The van der Waals surface area contributed by atoms with Crippen LogP contribution in [-0.2, 0) is 0 Å². The van der Waals surface area contributed by atoms with Gasteiger partial charge < -0.3 is 15.1 Å². The van der Waals surface area contributed by atoms with Crippen molar-refractivity contribution in [3.8, 4) is 0 Å². The lowest BCUT2D eigenvalue weighted by atomic mass is 10.1. The number of carboxylic acids is 1. The van der Waals surface area contributed by atoms with Crippen LogP contribution in [0.1, 0.15) is 41.6 Å². The highest BCUT2D eigenvalue weighted by Crippen LogP contribution is 2.31. The van der Waals surface area contributed by atoms with Crippen LogP contribution in [-0.4, -0.2) is 35.4 Å². The molecule has 0 spiro atoms. The molecule has 0 heterocycles. The second-order valence-corrected chi connectivity index (χ2v) is 5.18. The Bertz CT molecular complexity index is 453. The van der Waals surface area contributed by atoms with Crippen LogP contribution in [0.15, 0.2) is 18.2 Å². The Balaban J connectivity index is 2.39. The monoisotopic (exact) mass is 263 g/mol. The van der Waals surface area contributed by atoms with Crippen LogP contribution in [0.25, 0.3) is 0 Å². The number of nitrogens with zero attached hydrogens (tertiary/aromatic N) is 1. The fourth-order valence-corrected chi connectivity index (χ4v) is 2.88. The SMILES string of the molecule is Cc1ccc(C(=O)O)c(N(CCO)C2CCCC2)c1. The largest absolute Gasteiger partial charge is 0.478 e. The second-order valence-electron chi connectivity index (χ2n) is 5.18. The Morgan fingerprint density at radius 1 is 1.37 bits per heavy atom. The minimum atomic E-state index is -0.907. The van der Waals surface area contributed by atoms with Crippen molar-refractivity contribution in [2.75, 3.05) is 18.1 Å². The molecule has 1 aliphatic carbocycles. The third-order valence-electron chi connectivity index (χ3n) is 3.80. The average Bonchev–Trinajstić information content (AvgIpc) is 2.89. The summed E-state index contributed by atoms with van der Waals surface area (Å²) in [6.07, 6.45) is 4.52. The number of aliphatic hydroxyl groups is 1. The highest BCUT2D eigenvalue weighted by atomic mass is 16.4. The van der Waals surface area contributed by atoms with Crippen molar-refractivity contribution >= 4 is 11.7 Å². The number of anilines is 1. The van der Waals surface area contributed by atoms with E-state index in [-0.39, 0.29) is 6.61 Å². The first kappa shape index (κ1) is 13.9. The normalized spacial score (nSPS) is 15.7. The maximum absolute atomic E-state index is 11.4. The summed E-state index contributed by atoms with van der Waals surface area (Å²) in [6.45, 7) is 2.50. The summed E-state index contributed by atoms with van der Waals surface area (Å²) in [5.74, 6) is -0.907. The fraction of sp³-hybridized carbons (Fsp3) is 0.533. The molecule has 0 saturated heterocycles. The number of hydrogen-bond acceptors (Lipinski definition) is 3. The maximum atomic E-state index is 11.4. The van der Waals surface area contributed by atoms with E-state index in [0.29, 0.717) is 18.2 Å². The molecule has 4 nitrogen and oxygen atoms in total. The van der Waals surface area contributed by atoms with Crippen LogP contribution in [0.4, 0.5) is 5.69 Å². The van der Waals surface area contributed by atoms with Crippen LogP contribution in [0, 0.1) is 6.92 Å². The molecule has 1 saturated carbocycles. The molecule has 0 aliphatic heterocycles. The van der Waals surface area contributed by atoms with Gasteiger partial charge in [-0.05, 0) is 37.5 Å². The van der Waals surface area contributed by atoms with Gasteiger partial charge in [0.2, 0.25) is 0 Å². The molecule has 4 heteroatoms. The van der Waals surface area contributed by atoms with E-state index in [9.17, 15) is 15.0 Å². The van der Waals surface area contributed by atoms with E-state index in [4.69, 9.17) is 0 Å². The van der Waals surface area contributed by atoms with Gasteiger partial charge in [-0.2, -0.15) is 0 Å². The van der Waals surface area contributed by atoms with E-state index in [1.54, 1.807) is 6.07 Å². The Kier molecular flexibility index (Phi) is 4.43. The first-order valence-corrected chi connectivity index (χ1v) is 6.85. The highest BCUT2D eigenvalue weighted by Gasteiger charge is 2.25. The quantitative estimate of drug-likeness (QED) is 0.856. The Labute approximate surface area is 113 Å². The third-order valence-corrected chi connectivity index (χ3v) is 3.80. The number of aryl methyl sites for hydroxylation is 1. The predicted molar refractivity (Wildman–Crippen MR) is 74.8 cm³/mol. The Morgan fingerprint density at radius 2 is 2.05 bits per heavy atom. The standard InChI is InChI=1S/C15H21NO3/c1-11-6-7-13(15(18)19)14(10-11)16(8-9-17)12-4-2-3-5-12/h6-7,10,12,17H,2-5,8-9H2,1H3,(H,18,19). The van der Waals surface area contributed by atoms with E-state index in [0.717, 1.165) is 24.1 Å². The second kappa shape index (κ2) is 6.06. The predicted octanol–water partition coefficient (Wildman–Crippen LogP) is 2.43. The zero-order valence-corrected chi connectivity index (χ0v) is 11.3. The van der Waals surface area contributed by atoms with Crippen molar-refractivity contribution in [2.45, 2.75) is 38.6 Å². The van der Waals surface area contributed by atoms with Gasteiger partial charge in [0, 0.05) is 12.6 Å². The van der Waals surface area contributed by atoms with Crippen LogP contribution in [0.3, 0.4) is 0 Å². The average molecular weight is 263 g/mol. The molecule has 19 heavy (non-hydrogen) atoms. The van der Waals surface area contributed by atoms with Crippen molar-refractivity contribution in [2.24, 2.45) is 0 Å². The summed E-state index contributed by atoms with van der Waals surface area (Å²) >= 11 is 0. The van der Waals surface area contributed by atoms with Gasteiger partial charge in [-0.3, -0.25) is 0 Å². The molecule has 1 fully saturated rings. The lowest BCUT2D eigenvalue weighted by Gasteiger charge is -2.32. The van der Waals surface area contributed by atoms with E-state index < -0.39 is 5.97 Å². The number of rotatable bonds is 5. The fourth-order valence-electron chi connectivity index (χ4n) is 2.88. The number of carboxylic acid groups (broad SMARTS) is 1. The van der Waals surface area contributed by atoms with Crippen molar-refractivity contribution in [1.29, 1.82) is 0 Å². The molecule has 0 atom stereocenters. The number of carbonyl (C=O) groups is 1. The molecule has 2 N–H and O–H groups in total. The number of hydrogen-bond donors (Lipinski definition) is 2. The third kappa shape index (κ3) is 3.07. The summed E-state index contributed by atoms with van der Waals surface area (Å²) in [4.78, 5) is 13.4. The molecule has 0 aromatic heterocycles. The molecular formula is C15H21NO3. The summed E-state index contributed by atoms with van der Waals surface area (Å²) in [5.41, 5.74) is 2.11. The van der Waals surface area contributed by atoms with E-state index >= 15 is 0 Å². The molecule has 1 aromatic carbocycles. The number of aliphatic hydroxyl groups excluding tert-OH is 1. The maximum Gasteiger partial charge on any atom is 0.337 e. The lowest BCUT2D eigenvalue weighted by Crippen LogP contribution is -2.36. The summed E-state index contributed by atoms with van der Waals surface area (Å²) in [7, 11) is 0. The Hall–Kier alpha value is -1.55. The Morgan fingerprint density at radius 3 is 2.63 bits per heavy atom. The van der Waals surface area contributed by atoms with Crippen molar-refractivity contribution < 1.29 is 15.0 Å². The van der Waals surface area contributed by atoms with E-state index in [1.165, 1.54) is 12.8 Å². The number of benzene rings is 1. The first-order chi connectivity index (χ1) is 9.13. The van der Waals surface area contributed by atoms with Gasteiger partial charge in [0.15, 0.2) is 0 Å². The topological polar surface area (TPSA) is 60.8 Å². The molecule has 0 unspecified atom stereocenters. The van der Waals surface area contributed by atoms with Crippen molar-refractivity contribution in [1.82, 2.24) is 0 Å². The van der Waals surface area contributed by atoms with Gasteiger partial charge in [-0.25, -0.2) is 4.79 Å². The molecule has 0 bridgehead atoms. The minimum absolute atomic E-state index is 0.0451. The van der Waals surface area contributed by atoms with Crippen molar-refractivity contribution in [3.05, 3.63) is 29.3 Å². The van der Waals surface area contributed by atoms with Gasteiger partial charge in [-0.1, -0.05) is 18.9 Å². The summed E-state index contributed by atoms with van der Waals surface area (Å²) < 4.78 is 0. The zero-order valence-electron chi connectivity index (χ0n) is 11.3. The summed E-state index contributed by atoms with van der Waals surface area (Å²) in [6, 6.07) is 5.75. The molecular weight excluding hydrogens is 242 g/mol. The van der Waals surface area contributed by atoms with Crippen LogP contribution >= 0.6 is 0 Å². The van der Waals surface area contributed by atoms with Gasteiger partial charge >= 0.3 is 5.97 Å². The van der Waals surface area contributed by atoms with Crippen LogP contribution < -0.4 is 4.90 Å². The minimum Gasteiger partial charge on any atom is -0.478 e. The van der Waals surface area contributed by atoms with Crippen LogP contribution in [0.2, 0.25) is 0 Å². The van der Waals surface area contributed by atoms with E-state index in [2.05, 4.69) is 4.90 Å². The number of aromatic carboxylic acids is 1. The molecule has 2 rings (SSSR count). The first-order valence-electron chi connectivity index (χ1n) is 6.85. The van der Waals surface area contributed by atoms with Crippen molar-refractivity contribution in [3.63, 3.8) is 0 Å². The molecule has 1 aromatic rings. The molecule has 104 valence electrons. The lowest BCUT2D eigenvalue weighted by molar-refractivity contribution is 0.0697. The van der Waals surface area contributed by atoms with Gasteiger partial charge in [-0.15, -0.1) is 0 Å². The van der Waals surface area contributed by atoms with E-state index in [1.807, 2.05) is 19.1 Å². The zero-order chi connectivity index (χ0) is 13.8. The molecule has 0 radical (unpaired) electrons. The van der Waals surface area contributed by atoms with Gasteiger partial charge in [0.05, 0.1) is 17.9 Å². The van der Waals surface area contributed by atoms with Crippen LogP contribution in [0.5, 0.6) is 0 Å².